The fourth-order valence-electron chi connectivity index (χ4n) is 1.38. The molecule has 1 aliphatic rings. The van der Waals surface area contributed by atoms with E-state index in [1.54, 1.807) is 0 Å². The van der Waals surface area contributed by atoms with E-state index >= 15 is 0 Å². The topological polar surface area (TPSA) is 72.8 Å². The van der Waals surface area contributed by atoms with E-state index in [2.05, 4.69) is 4.74 Å². The van der Waals surface area contributed by atoms with Gasteiger partial charge in [-0.2, -0.15) is 0 Å². The van der Waals surface area contributed by atoms with Gasteiger partial charge in [0, 0.05) is 6.42 Å². The van der Waals surface area contributed by atoms with Gasteiger partial charge >= 0.3 is 11.9 Å². The number of carbonyl (C=O) groups excluding carboxylic acids is 2. The van der Waals surface area contributed by atoms with Crippen LogP contribution in [0.4, 0.5) is 0 Å². The second-order valence-corrected chi connectivity index (χ2v) is 3.40. The zero-order valence-electron chi connectivity index (χ0n) is 8.38. The number of hydrogen-bond donors (Lipinski definition) is 1. The van der Waals surface area contributed by atoms with Crippen LogP contribution in [0.2, 0.25) is 0 Å². The lowest BCUT2D eigenvalue weighted by atomic mass is 10.2. The average Bonchev–Trinajstić information content (AvgIpc) is 2.65. The predicted octanol–water partition coefficient (Wildman–Crippen LogP) is 0.864. The molecule has 0 bridgehead atoms. The first kappa shape index (κ1) is 10.5. The van der Waals surface area contributed by atoms with E-state index in [9.17, 15) is 9.59 Å². The van der Waals surface area contributed by atoms with Crippen molar-refractivity contribution in [1.82, 2.24) is 0 Å². The summed E-state index contributed by atoms with van der Waals surface area (Å²) in [4.78, 5) is 22.6. The maximum Gasteiger partial charge on any atom is 0.347 e. The summed E-state index contributed by atoms with van der Waals surface area (Å²) in [6, 6.07) is 5.61. The maximum atomic E-state index is 11.5. The van der Waals surface area contributed by atoms with E-state index in [-0.39, 0.29) is 17.9 Å². The maximum absolute atomic E-state index is 11.5. The van der Waals surface area contributed by atoms with Crippen molar-refractivity contribution in [3.8, 4) is 5.75 Å². The molecule has 84 valence electrons. The number of phenols is 1. The third kappa shape index (κ3) is 2.13. The molecule has 1 atom stereocenters. The lowest BCUT2D eigenvalue weighted by Crippen LogP contribution is -2.22. The highest BCUT2D eigenvalue weighted by atomic mass is 16.6. The van der Waals surface area contributed by atoms with Crippen LogP contribution in [0.5, 0.6) is 5.75 Å². The number of phenolic OH excluding ortho intramolecular Hbond substituents is 1. The molecule has 2 rings (SSSR count). The van der Waals surface area contributed by atoms with Gasteiger partial charge in [0.2, 0.25) is 6.10 Å². The van der Waals surface area contributed by atoms with Crippen LogP contribution in [0.15, 0.2) is 24.3 Å². The smallest absolute Gasteiger partial charge is 0.347 e. The number of esters is 2. The summed E-state index contributed by atoms with van der Waals surface area (Å²) < 4.78 is 9.62. The van der Waals surface area contributed by atoms with Crippen LogP contribution in [0.25, 0.3) is 0 Å². The van der Waals surface area contributed by atoms with Gasteiger partial charge in [-0.1, -0.05) is 0 Å². The minimum absolute atomic E-state index is 0.0665. The van der Waals surface area contributed by atoms with E-state index in [1.165, 1.54) is 24.3 Å². The van der Waals surface area contributed by atoms with Crippen molar-refractivity contribution in [3.05, 3.63) is 29.8 Å². The first-order chi connectivity index (χ1) is 7.66. The van der Waals surface area contributed by atoms with Gasteiger partial charge in [0.25, 0.3) is 0 Å². The minimum atomic E-state index is -0.804. The highest BCUT2D eigenvalue weighted by molar-refractivity contribution is 5.91. The van der Waals surface area contributed by atoms with Crippen LogP contribution < -0.4 is 0 Å². The van der Waals surface area contributed by atoms with Gasteiger partial charge in [-0.15, -0.1) is 0 Å². The van der Waals surface area contributed by atoms with Crippen molar-refractivity contribution < 1.29 is 24.2 Å². The summed E-state index contributed by atoms with van der Waals surface area (Å²) in [5, 5.41) is 9.04. The molecule has 1 aliphatic heterocycles. The third-order valence-electron chi connectivity index (χ3n) is 2.24. The Bertz CT molecular complexity index is 409. The van der Waals surface area contributed by atoms with Gasteiger partial charge in [-0.05, 0) is 24.3 Å². The highest BCUT2D eigenvalue weighted by Crippen LogP contribution is 2.15. The lowest BCUT2D eigenvalue weighted by molar-refractivity contribution is -0.145. The van der Waals surface area contributed by atoms with E-state index in [1.807, 2.05) is 0 Å². The quantitative estimate of drug-likeness (QED) is 0.751. The van der Waals surface area contributed by atoms with E-state index < -0.39 is 18.0 Å². The Hall–Kier alpha value is -2.04. The number of ether oxygens (including phenoxy) is 2. The van der Waals surface area contributed by atoms with Crippen LogP contribution in [0.1, 0.15) is 16.8 Å². The number of hydrogen-bond acceptors (Lipinski definition) is 5. The number of aromatic hydroxyl groups is 1. The van der Waals surface area contributed by atoms with Crippen molar-refractivity contribution in [2.45, 2.75) is 12.5 Å². The monoisotopic (exact) mass is 222 g/mol. The molecule has 5 heteroatoms. The Kier molecular flexibility index (Phi) is 2.76. The SMILES string of the molecule is O=C(O[C@H]1CCOC1=O)c1ccc(O)cc1. The number of rotatable bonds is 2. The van der Waals surface area contributed by atoms with Crippen molar-refractivity contribution >= 4 is 11.9 Å². The summed E-state index contributed by atoms with van der Waals surface area (Å²) in [6.45, 7) is 0.284. The molecule has 16 heavy (non-hydrogen) atoms. The Morgan fingerprint density at radius 3 is 2.62 bits per heavy atom. The molecule has 0 spiro atoms. The van der Waals surface area contributed by atoms with Crippen molar-refractivity contribution in [2.75, 3.05) is 6.61 Å². The Morgan fingerprint density at radius 2 is 2.06 bits per heavy atom. The largest absolute Gasteiger partial charge is 0.508 e. The van der Waals surface area contributed by atoms with Crippen LogP contribution in [0, 0.1) is 0 Å². The number of carbonyl (C=O) groups is 2. The number of cyclic esters (lactones) is 1. The molecule has 1 heterocycles. The summed E-state index contributed by atoms with van der Waals surface area (Å²) in [7, 11) is 0. The van der Waals surface area contributed by atoms with Gasteiger partial charge < -0.3 is 14.6 Å². The third-order valence-corrected chi connectivity index (χ3v) is 2.24. The van der Waals surface area contributed by atoms with Gasteiger partial charge in [0.1, 0.15) is 5.75 Å². The van der Waals surface area contributed by atoms with Crippen molar-refractivity contribution in [1.29, 1.82) is 0 Å². The summed E-state index contributed by atoms with van der Waals surface area (Å²) in [5.74, 6) is -1.03. The van der Waals surface area contributed by atoms with Gasteiger partial charge in [0.05, 0.1) is 12.2 Å². The molecule has 1 saturated heterocycles. The van der Waals surface area contributed by atoms with Gasteiger partial charge in [0.15, 0.2) is 0 Å². The molecule has 0 radical (unpaired) electrons. The zero-order chi connectivity index (χ0) is 11.5. The van der Waals surface area contributed by atoms with Crippen LogP contribution in [0.3, 0.4) is 0 Å². The molecular weight excluding hydrogens is 212 g/mol. The van der Waals surface area contributed by atoms with Gasteiger partial charge in [-0.25, -0.2) is 9.59 Å². The lowest BCUT2D eigenvalue weighted by Gasteiger charge is -2.07. The molecule has 1 aromatic rings. The first-order valence-electron chi connectivity index (χ1n) is 4.83. The molecular formula is C11H10O5. The molecule has 5 nitrogen and oxygen atoms in total. The standard InChI is InChI=1S/C11H10O5/c12-8-3-1-7(2-4-8)10(13)16-9-5-6-15-11(9)14/h1-4,9,12H,5-6H2/t9-/m0/s1. The zero-order valence-corrected chi connectivity index (χ0v) is 8.38. The molecule has 1 fully saturated rings. The fourth-order valence-corrected chi connectivity index (χ4v) is 1.38. The van der Waals surface area contributed by atoms with Crippen LogP contribution >= 0.6 is 0 Å². The molecule has 0 aliphatic carbocycles. The van der Waals surface area contributed by atoms with Crippen molar-refractivity contribution in [3.63, 3.8) is 0 Å². The Labute approximate surface area is 91.6 Å². The van der Waals surface area contributed by atoms with Crippen LogP contribution in [-0.2, 0) is 14.3 Å². The number of benzene rings is 1. The highest BCUT2D eigenvalue weighted by Gasteiger charge is 2.30. The average molecular weight is 222 g/mol. The molecule has 1 N–H and O–H groups in total. The van der Waals surface area contributed by atoms with Crippen LogP contribution in [-0.4, -0.2) is 29.8 Å². The second kappa shape index (κ2) is 4.22. The normalized spacial score (nSPS) is 19.2. The first-order valence-corrected chi connectivity index (χ1v) is 4.83. The van der Waals surface area contributed by atoms with E-state index in [0.717, 1.165) is 0 Å². The minimum Gasteiger partial charge on any atom is -0.508 e. The molecule has 1 aromatic carbocycles. The van der Waals surface area contributed by atoms with Crippen molar-refractivity contribution in [2.24, 2.45) is 0 Å². The molecule has 0 unspecified atom stereocenters. The molecule has 0 saturated carbocycles. The van der Waals surface area contributed by atoms with E-state index in [4.69, 9.17) is 9.84 Å². The fraction of sp³-hybridized carbons (Fsp3) is 0.273. The van der Waals surface area contributed by atoms with Gasteiger partial charge in [-0.3, -0.25) is 0 Å². The summed E-state index contributed by atoms with van der Waals surface area (Å²) in [5.41, 5.74) is 0.289. The Balaban J connectivity index is 2.02. The Morgan fingerprint density at radius 1 is 1.38 bits per heavy atom. The second-order valence-electron chi connectivity index (χ2n) is 3.40. The summed E-state index contributed by atoms with van der Waals surface area (Å²) in [6.07, 6.45) is -0.413. The van der Waals surface area contributed by atoms with E-state index in [0.29, 0.717) is 6.42 Å². The molecule has 0 aromatic heterocycles. The predicted molar refractivity (Wildman–Crippen MR) is 52.9 cm³/mol. The summed E-state index contributed by atoms with van der Waals surface area (Å²) >= 11 is 0. The molecule has 0 amide bonds.